The molecule has 1 aromatic heterocycles. The lowest BCUT2D eigenvalue weighted by Gasteiger charge is -2.03. The first-order valence-electron chi connectivity index (χ1n) is 4.09. The summed E-state index contributed by atoms with van der Waals surface area (Å²) in [7, 11) is 0. The van der Waals surface area contributed by atoms with Crippen LogP contribution in [0.4, 0.5) is 5.69 Å². The van der Waals surface area contributed by atoms with Crippen molar-refractivity contribution in [2.24, 2.45) is 0 Å². The third-order valence-electron chi connectivity index (χ3n) is 1.78. The molecule has 0 atom stereocenters. The number of hydrogen-bond donors (Lipinski definition) is 1. The Hall–Kier alpha value is -1.39. The van der Waals surface area contributed by atoms with Crippen LogP contribution in [-0.4, -0.2) is 15.0 Å². The molecule has 0 aliphatic heterocycles. The molecule has 0 aliphatic carbocycles. The van der Waals surface area contributed by atoms with Gasteiger partial charge in [-0.2, -0.15) is 15.0 Å². The number of nitrogens with two attached hydrogens (primary N) is 1. The van der Waals surface area contributed by atoms with Gasteiger partial charge in [0.05, 0.1) is 0 Å². The standard InChI is InChI=1S/C9H6Cl2N4/c10-8-13-7(14-9(11)15-8)5-3-1-2-4-6(5)12/h1-4H,12H2. The molecule has 15 heavy (non-hydrogen) atoms. The minimum absolute atomic E-state index is 0.0493. The molecule has 2 N–H and O–H groups in total. The molecular formula is C9H6Cl2N4. The molecule has 1 aromatic carbocycles. The molecule has 0 spiro atoms. The van der Waals surface area contributed by atoms with Gasteiger partial charge in [0.2, 0.25) is 10.6 Å². The first-order chi connectivity index (χ1) is 7.16. The van der Waals surface area contributed by atoms with E-state index in [2.05, 4.69) is 15.0 Å². The Labute approximate surface area is 96.1 Å². The van der Waals surface area contributed by atoms with Crippen molar-refractivity contribution in [3.05, 3.63) is 34.8 Å². The largest absolute Gasteiger partial charge is 0.398 e. The molecule has 6 heteroatoms. The lowest BCUT2D eigenvalue weighted by molar-refractivity contribution is 1.06. The van der Waals surface area contributed by atoms with Crippen molar-refractivity contribution < 1.29 is 0 Å². The second-order valence-electron chi connectivity index (χ2n) is 2.78. The average molecular weight is 241 g/mol. The van der Waals surface area contributed by atoms with Crippen LogP contribution >= 0.6 is 23.2 Å². The summed E-state index contributed by atoms with van der Waals surface area (Å²) in [6.45, 7) is 0. The van der Waals surface area contributed by atoms with Crippen molar-refractivity contribution in [1.29, 1.82) is 0 Å². The van der Waals surface area contributed by atoms with E-state index >= 15 is 0 Å². The van der Waals surface area contributed by atoms with Gasteiger partial charge in [-0.3, -0.25) is 0 Å². The zero-order chi connectivity index (χ0) is 10.8. The predicted molar refractivity (Wildman–Crippen MR) is 59.7 cm³/mol. The zero-order valence-electron chi connectivity index (χ0n) is 7.48. The Balaban J connectivity index is 2.59. The molecule has 0 saturated carbocycles. The van der Waals surface area contributed by atoms with Crippen LogP contribution in [0.25, 0.3) is 11.4 Å². The summed E-state index contributed by atoms with van der Waals surface area (Å²) in [5.74, 6) is 0.373. The maximum atomic E-state index is 5.77. The van der Waals surface area contributed by atoms with Gasteiger partial charge in [-0.15, -0.1) is 0 Å². The fourth-order valence-electron chi connectivity index (χ4n) is 1.15. The maximum Gasteiger partial charge on any atom is 0.227 e. The summed E-state index contributed by atoms with van der Waals surface area (Å²) in [5, 5.41) is 0.0986. The highest BCUT2D eigenvalue weighted by Crippen LogP contribution is 2.23. The topological polar surface area (TPSA) is 64.7 Å². The second-order valence-corrected chi connectivity index (χ2v) is 3.46. The molecule has 2 rings (SSSR count). The molecule has 0 bridgehead atoms. The summed E-state index contributed by atoms with van der Waals surface area (Å²) in [5.41, 5.74) is 7.02. The third kappa shape index (κ3) is 2.16. The molecule has 0 aliphatic rings. The van der Waals surface area contributed by atoms with E-state index in [1.807, 2.05) is 12.1 Å². The van der Waals surface area contributed by atoms with Crippen molar-refractivity contribution in [2.75, 3.05) is 5.73 Å². The van der Waals surface area contributed by atoms with Gasteiger partial charge in [-0.25, -0.2) is 0 Å². The SMILES string of the molecule is Nc1ccccc1-c1nc(Cl)nc(Cl)n1. The number of halogens is 2. The van der Waals surface area contributed by atoms with Crippen LogP contribution in [0.15, 0.2) is 24.3 Å². The minimum atomic E-state index is 0.0493. The predicted octanol–water partition coefficient (Wildman–Crippen LogP) is 2.43. The Morgan fingerprint density at radius 3 is 2.13 bits per heavy atom. The Morgan fingerprint density at radius 1 is 0.933 bits per heavy atom. The van der Waals surface area contributed by atoms with E-state index in [0.29, 0.717) is 17.1 Å². The number of para-hydroxylation sites is 1. The first-order valence-corrected chi connectivity index (χ1v) is 4.84. The van der Waals surface area contributed by atoms with E-state index in [0.717, 1.165) is 0 Å². The minimum Gasteiger partial charge on any atom is -0.398 e. The second kappa shape index (κ2) is 4.00. The summed E-state index contributed by atoms with van der Waals surface area (Å²) in [6.07, 6.45) is 0. The van der Waals surface area contributed by atoms with Crippen molar-refractivity contribution in [1.82, 2.24) is 15.0 Å². The van der Waals surface area contributed by atoms with Crippen LogP contribution in [0, 0.1) is 0 Å². The Kier molecular flexibility index (Phi) is 2.70. The van der Waals surface area contributed by atoms with E-state index in [4.69, 9.17) is 28.9 Å². The fraction of sp³-hybridized carbons (Fsp3) is 0. The molecule has 0 amide bonds. The lowest BCUT2D eigenvalue weighted by Crippen LogP contribution is -1.96. The lowest BCUT2D eigenvalue weighted by atomic mass is 10.2. The molecule has 0 fully saturated rings. The number of aromatic nitrogens is 3. The van der Waals surface area contributed by atoms with Gasteiger partial charge in [-0.05, 0) is 35.3 Å². The first kappa shape index (κ1) is 10.1. The van der Waals surface area contributed by atoms with Gasteiger partial charge in [-0.1, -0.05) is 12.1 Å². The summed E-state index contributed by atoms with van der Waals surface area (Å²) in [6, 6.07) is 7.19. The summed E-state index contributed by atoms with van der Waals surface area (Å²) >= 11 is 11.3. The van der Waals surface area contributed by atoms with E-state index in [9.17, 15) is 0 Å². The van der Waals surface area contributed by atoms with Gasteiger partial charge < -0.3 is 5.73 Å². The molecule has 4 nitrogen and oxygen atoms in total. The average Bonchev–Trinajstić information content (AvgIpc) is 2.16. The number of nitrogens with zero attached hydrogens (tertiary/aromatic N) is 3. The highest BCUT2D eigenvalue weighted by atomic mass is 35.5. The molecule has 0 saturated heterocycles. The Morgan fingerprint density at radius 2 is 1.53 bits per heavy atom. The van der Waals surface area contributed by atoms with Gasteiger partial charge in [0.1, 0.15) is 0 Å². The van der Waals surface area contributed by atoms with Crippen LogP contribution in [0.1, 0.15) is 0 Å². The fourth-order valence-corrected chi connectivity index (χ4v) is 1.51. The van der Waals surface area contributed by atoms with Crippen LogP contribution in [0.2, 0.25) is 10.6 Å². The quantitative estimate of drug-likeness (QED) is 0.778. The number of anilines is 1. The maximum absolute atomic E-state index is 5.77. The van der Waals surface area contributed by atoms with Crippen LogP contribution in [-0.2, 0) is 0 Å². The van der Waals surface area contributed by atoms with Gasteiger partial charge in [0.15, 0.2) is 5.82 Å². The van der Waals surface area contributed by atoms with Crippen LogP contribution < -0.4 is 5.73 Å². The van der Waals surface area contributed by atoms with Crippen LogP contribution in [0.3, 0.4) is 0 Å². The molecule has 1 heterocycles. The summed E-state index contributed by atoms with van der Waals surface area (Å²) < 4.78 is 0. The number of nitrogen functional groups attached to an aromatic ring is 1. The monoisotopic (exact) mass is 240 g/mol. The van der Waals surface area contributed by atoms with Crippen molar-refractivity contribution in [2.45, 2.75) is 0 Å². The highest BCUT2D eigenvalue weighted by molar-refractivity contribution is 6.31. The molecular weight excluding hydrogens is 235 g/mol. The number of hydrogen-bond acceptors (Lipinski definition) is 4. The zero-order valence-corrected chi connectivity index (χ0v) is 9.00. The molecule has 0 unspecified atom stereocenters. The highest BCUT2D eigenvalue weighted by Gasteiger charge is 2.08. The Bertz CT molecular complexity index is 481. The van der Waals surface area contributed by atoms with Crippen molar-refractivity contribution in [3.8, 4) is 11.4 Å². The summed E-state index contributed by atoms with van der Waals surface area (Å²) in [4.78, 5) is 11.5. The van der Waals surface area contributed by atoms with E-state index in [-0.39, 0.29) is 10.6 Å². The normalized spacial score (nSPS) is 10.3. The number of benzene rings is 1. The van der Waals surface area contributed by atoms with Crippen LogP contribution in [0.5, 0.6) is 0 Å². The number of rotatable bonds is 1. The van der Waals surface area contributed by atoms with E-state index < -0.39 is 0 Å². The molecule has 2 aromatic rings. The van der Waals surface area contributed by atoms with E-state index in [1.165, 1.54) is 0 Å². The van der Waals surface area contributed by atoms with Crippen molar-refractivity contribution >= 4 is 28.9 Å². The molecule has 76 valence electrons. The smallest absolute Gasteiger partial charge is 0.227 e. The molecule has 0 radical (unpaired) electrons. The third-order valence-corrected chi connectivity index (χ3v) is 2.12. The van der Waals surface area contributed by atoms with Gasteiger partial charge in [0.25, 0.3) is 0 Å². The van der Waals surface area contributed by atoms with E-state index in [1.54, 1.807) is 12.1 Å². The van der Waals surface area contributed by atoms with Gasteiger partial charge in [0, 0.05) is 11.3 Å². The van der Waals surface area contributed by atoms with Crippen molar-refractivity contribution in [3.63, 3.8) is 0 Å². The van der Waals surface area contributed by atoms with Gasteiger partial charge >= 0.3 is 0 Å².